The first-order valence-electron chi connectivity index (χ1n) is 11.6. The van der Waals surface area contributed by atoms with E-state index in [9.17, 15) is 19.5 Å². The molecular formula is C26H30N2O7. The van der Waals surface area contributed by atoms with E-state index in [4.69, 9.17) is 14.2 Å². The average Bonchev–Trinajstić information content (AvgIpc) is 3.44. The number of carbonyl (C=O) groups is 3. The number of aliphatic carboxylic acids is 1. The molecule has 9 heteroatoms. The molecule has 0 saturated carbocycles. The van der Waals surface area contributed by atoms with Gasteiger partial charge in [-0.1, -0.05) is 48.5 Å². The third-order valence-electron chi connectivity index (χ3n) is 6.63. The lowest BCUT2D eigenvalue weighted by molar-refractivity contribution is -0.151. The molecule has 1 aliphatic carbocycles. The van der Waals surface area contributed by atoms with Gasteiger partial charge in [0.15, 0.2) is 5.54 Å². The Kier molecular flexibility index (Phi) is 7.37. The van der Waals surface area contributed by atoms with Crippen molar-refractivity contribution in [3.63, 3.8) is 0 Å². The highest BCUT2D eigenvalue weighted by Crippen LogP contribution is 2.44. The quantitative estimate of drug-likeness (QED) is 0.502. The number of hydrogen-bond acceptors (Lipinski definition) is 6. The Hall–Kier alpha value is -3.43. The molecule has 0 aromatic heterocycles. The van der Waals surface area contributed by atoms with Crippen molar-refractivity contribution < 1.29 is 33.7 Å². The predicted octanol–water partition coefficient (Wildman–Crippen LogP) is 2.54. The number of nitrogens with one attached hydrogen (secondary N) is 2. The molecule has 2 aromatic rings. The molecule has 35 heavy (non-hydrogen) atoms. The molecule has 1 heterocycles. The molecule has 1 saturated heterocycles. The monoisotopic (exact) mass is 482 g/mol. The number of carbonyl (C=O) groups excluding carboxylic acids is 2. The van der Waals surface area contributed by atoms with Crippen LogP contribution in [0.15, 0.2) is 48.5 Å². The van der Waals surface area contributed by atoms with Crippen molar-refractivity contribution in [2.24, 2.45) is 5.92 Å². The summed E-state index contributed by atoms with van der Waals surface area (Å²) in [7, 11) is 1.36. The lowest BCUT2D eigenvalue weighted by Gasteiger charge is -2.28. The Morgan fingerprint density at radius 2 is 1.71 bits per heavy atom. The minimum absolute atomic E-state index is 0.0454. The molecule has 1 unspecified atom stereocenters. The maximum Gasteiger partial charge on any atom is 0.407 e. The van der Waals surface area contributed by atoms with E-state index in [0.717, 1.165) is 22.3 Å². The van der Waals surface area contributed by atoms with Crippen molar-refractivity contribution in [1.29, 1.82) is 0 Å². The van der Waals surface area contributed by atoms with Crippen LogP contribution in [0.4, 0.5) is 4.79 Å². The second kappa shape index (κ2) is 10.5. The number of ether oxygens (including phenoxy) is 3. The van der Waals surface area contributed by atoms with Gasteiger partial charge in [-0.25, -0.2) is 9.59 Å². The summed E-state index contributed by atoms with van der Waals surface area (Å²) >= 11 is 0. The molecule has 3 N–H and O–H groups in total. The van der Waals surface area contributed by atoms with Crippen LogP contribution in [0.5, 0.6) is 0 Å². The Balaban J connectivity index is 1.32. The molecule has 1 aliphatic heterocycles. The molecular weight excluding hydrogens is 452 g/mol. The summed E-state index contributed by atoms with van der Waals surface area (Å²) < 4.78 is 16.0. The van der Waals surface area contributed by atoms with Crippen molar-refractivity contribution in [3.05, 3.63) is 59.7 Å². The number of hydrogen-bond donors (Lipinski definition) is 3. The molecule has 4 rings (SSSR count). The van der Waals surface area contributed by atoms with E-state index < -0.39 is 29.6 Å². The second-order valence-electron chi connectivity index (χ2n) is 9.11. The standard InChI is InChI=1S/C26H30N2O7/c1-26(15-33-2,24(30)31)28-23(29)22-16(11-12-34-22)13-27-25(32)35-14-21-19-9-5-3-7-17(19)18-8-4-6-10-20(18)21/h3-10,16,21-22H,11-15H2,1-2H3,(H,27,32)(H,28,29)(H,30,31)/t16-,22-,26?/m1/s1. The zero-order chi connectivity index (χ0) is 25.0. The molecule has 0 radical (unpaired) electrons. The molecule has 1 fully saturated rings. The Bertz CT molecular complexity index is 1060. The molecule has 2 aromatic carbocycles. The average molecular weight is 483 g/mol. The number of methoxy groups -OCH3 is 1. The SMILES string of the molecule is COCC(C)(NC(=O)[C@@H]1OCC[C@@H]1CNC(=O)OCC1c2ccccc2-c2ccccc21)C(=O)O. The maximum absolute atomic E-state index is 12.7. The summed E-state index contributed by atoms with van der Waals surface area (Å²) in [5, 5.41) is 14.7. The number of carboxylic acid groups (broad SMARTS) is 1. The molecule has 3 atom stereocenters. The van der Waals surface area contributed by atoms with Crippen LogP contribution >= 0.6 is 0 Å². The Labute approximate surface area is 203 Å². The smallest absolute Gasteiger partial charge is 0.407 e. The first-order valence-corrected chi connectivity index (χ1v) is 11.6. The number of alkyl carbamates (subject to hydrolysis) is 1. The third-order valence-corrected chi connectivity index (χ3v) is 6.63. The van der Waals surface area contributed by atoms with E-state index in [1.54, 1.807) is 0 Å². The first kappa shape index (κ1) is 24.7. The van der Waals surface area contributed by atoms with Gasteiger partial charge in [-0.3, -0.25) is 4.79 Å². The van der Waals surface area contributed by atoms with E-state index in [1.165, 1.54) is 14.0 Å². The number of benzene rings is 2. The summed E-state index contributed by atoms with van der Waals surface area (Å²) in [6.45, 7) is 1.88. The van der Waals surface area contributed by atoms with Crippen molar-refractivity contribution in [1.82, 2.24) is 10.6 Å². The van der Waals surface area contributed by atoms with E-state index in [2.05, 4.69) is 34.9 Å². The van der Waals surface area contributed by atoms with E-state index in [0.29, 0.717) is 13.0 Å². The van der Waals surface area contributed by atoms with Crippen molar-refractivity contribution >= 4 is 18.0 Å². The summed E-state index contributed by atoms with van der Waals surface area (Å²) in [4.78, 5) is 36.8. The van der Waals surface area contributed by atoms with Gasteiger partial charge in [0, 0.05) is 32.1 Å². The second-order valence-corrected chi connectivity index (χ2v) is 9.11. The fourth-order valence-corrected chi connectivity index (χ4v) is 4.78. The van der Waals surface area contributed by atoms with Gasteiger partial charge in [-0.05, 0) is 35.6 Å². The van der Waals surface area contributed by atoms with Crippen LogP contribution in [0.2, 0.25) is 0 Å². The molecule has 186 valence electrons. The van der Waals surface area contributed by atoms with Crippen LogP contribution in [0.3, 0.4) is 0 Å². The molecule has 2 amide bonds. The van der Waals surface area contributed by atoms with Crippen LogP contribution in [-0.2, 0) is 23.8 Å². The molecule has 9 nitrogen and oxygen atoms in total. The first-order chi connectivity index (χ1) is 16.8. The largest absolute Gasteiger partial charge is 0.479 e. The summed E-state index contributed by atoms with van der Waals surface area (Å²) in [6.07, 6.45) is -0.900. The van der Waals surface area contributed by atoms with Crippen molar-refractivity contribution in [2.75, 3.05) is 33.5 Å². The third kappa shape index (κ3) is 5.16. The lowest BCUT2D eigenvalue weighted by atomic mass is 9.98. The Morgan fingerprint density at radius 3 is 2.31 bits per heavy atom. The van der Waals surface area contributed by atoms with Gasteiger partial charge in [0.05, 0.1) is 6.61 Å². The van der Waals surface area contributed by atoms with Gasteiger partial charge in [-0.2, -0.15) is 0 Å². The number of fused-ring (bicyclic) bond motifs is 3. The fraction of sp³-hybridized carbons (Fsp3) is 0.423. The maximum atomic E-state index is 12.7. The highest BCUT2D eigenvalue weighted by molar-refractivity contribution is 5.89. The topological polar surface area (TPSA) is 123 Å². The van der Waals surface area contributed by atoms with Gasteiger partial charge in [0.25, 0.3) is 0 Å². The van der Waals surface area contributed by atoms with Crippen LogP contribution in [0.25, 0.3) is 11.1 Å². The minimum atomic E-state index is -1.58. The highest BCUT2D eigenvalue weighted by atomic mass is 16.5. The van der Waals surface area contributed by atoms with Gasteiger partial charge in [0.2, 0.25) is 5.91 Å². The van der Waals surface area contributed by atoms with Gasteiger partial charge >= 0.3 is 12.1 Å². The number of carboxylic acids is 1. The van der Waals surface area contributed by atoms with Gasteiger partial charge in [0.1, 0.15) is 12.7 Å². The molecule has 0 bridgehead atoms. The van der Waals surface area contributed by atoms with E-state index in [1.807, 2.05) is 24.3 Å². The zero-order valence-corrected chi connectivity index (χ0v) is 19.8. The van der Waals surface area contributed by atoms with Crippen molar-refractivity contribution in [3.8, 4) is 11.1 Å². The molecule has 0 spiro atoms. The van der Waals surface area contributed by atoms with Crippen LogP contribution in [0, 0.1) is 5.92 Å². The summed E-state index contributed by atoms with van der Waals surface area (Å²) in [5.74, 6) is -2.12. The van der Waals surface area contributed by atoms with Crippen LogP contribution in [0.1, 0.15) is 30.4 Å². The normalized spacial score (nSPS) is 20.4. The van der Waals surface area contributed by atoms with Crippen LogP contribution < -0.4 is 10.6 Å². The van der Waals surface area contributed by atoms with E-state index in [-0.39, 0.29) is 31.6 Å². The zero-order valence-electron chi connectivity index (χ0n) is 19.8. The minimum Gasteiger partial charge on any atom is -0.479 e. The summed E-state index contributed by atoms with van der Waals surface area (Å²) in [6, 6.07) is 16.2. The Morgan fingerprint density at radius 1 is 1.09 bits per heavy atom. The number of amides is 2. The predicted molar refractivity (Wildman–Crippen MR) is 127 cm³/mol. The highest BCUT2D eigenvalue weighted by Gasteiger charge is 2.41. The summed E-state index contributed by atoms with van der Waals surface area (Å²) in [5.41, 5.74) is 2.97. The van der Waals surface area contributed by atoms with E-state index >= 15 is 0 Å². The lowest BCUT2D eigenvalue weighted by Crippen LogP contribution is -2.58. The van der Waals surface area contributed by atoms with Crippen molar-refractivity contribution in [2.45, 2.75) is 30.9 Å². The van der Waals surface area contributed by atoms with Gasteiger partial charge < -0.3 is 30.0 Å². The fourth-order valence-electron chi connectivity index (χ4n) is 4.78. The van der Waals surface area contributed by atoms with Crippen LogP contribution in [-0.4, -0.2) is 68.2 Å². The van der Waals surface area contributed by atoms with Gasteiger partial charge in [-0.15, -0.1) is 0 Å². The molecule has 2 aliphatic rings. The number of rotatable bonds is 9.